The molecule has 0 radical (unpaired) electrons. The lowest BCUT2D eigenvalue weighted by molar-refractivity contribution is 0.0904. The van der Waals surface area contributed by atoms with Crippen LogP contribution >= 0.6 is 0 Å². The van der Waals surface area contributed by atoms with Crippen molar-refractivity contribution in [1.82, 2.24) is 0 Å². The molecule has 0 saturated carbocycles. The number of Topliss-reactive ketones (excluding diaryl/α,β-unsaturated/α-hetero) is 2. The molecule has 5 heteroatoms. The summed E-state index contributed by atoms with van der Waals surface area (Å²) in [6.07, 6.45) is 3.56. The Labute approximate surface area is 159 Å². The molecule has 1 aliphatic carbocycles. The van der Waals surface area contributed by atoms with Gasteiger partial charge in [0.05, 0.1) is 12.7 Å². The molecule has 0 fully saturated rings. The van der Waals surface area contributed by atoms with Crippen molar-refractivity contribution in [2.75, 3.05) is 7.11 Å². The number of hydrogen-bond acceptors (Lipinski definition) is 5. The van der Waals surface area contributed by atoms with E-state index in [4.69, 9.17) is 9.47 Å². The van der Waals surface area contributed by atoms with Crippen molar-refractivity contribution < 1.29 is 24.2 Å². The molecule has 1 N–H and O–H groups in total. The van der Waals surface area contributed by atoms with Crippen molar-refractivity contribution in [2.24, 2.45) is 0 Å². The Hall–Kier alpha value is -2.56. The largest absolute Gasteiger partial charge is 0.507 e. The predicted molar refractivity (Wildman–Crippen MR) is 103 cm³/mol. The van der Waals surface area contributed by atoms with Crippen LogP contribution in [-0.2, 0) is 10.2 Å². The van der Waals surface area contributed by atoms with Gasteiger partial charge in [0.1, 0.15) is 17.6 Å². The molecule has 2 atom stereocenters. The van der Waals surface area contributed by atoms with Gasteiger partial charge in [0.2, 0.25) is 5.78 Å². The molecule has 1 aromatic rings. The number of phenolic OH excluding ortho intramolecular Hbond substituents is 1. The maximum Gasteiger partial charge on any atom is 0.228 e. The number of carbonyl (C=O) groups is 2. The van der Waals surface area contributed by atoms with Crippen molar-refractivity contribution >= 4 is 11.6 Å². The molecule has 5 nitrogen and oxygen atoms in total. The molecule has 3 rings (SSSR count). The highest BCUT2D eigenvalue weighted by atomic mass is 16.5. The van der Waals surface area contributed by atoms with Crippen LogP contribution in [0.1, 0.15) is 73.7 Å². The Kier molecular flexibility index (Phi) is 4.66. The molecule has 0 aromatic heterocycles. The molecule has 144 valence electrons. The van der Waals surface area contributed by atoms with E-state index in [0.717, 1.165) is 12.8 Å². The monoisotopic (exact) mass is 370 g/mol. The van der Waals surface area contributed by atoms with E-state index in [1.807, 2.05) is 27.7 Å². The second-order valence-electron chi connectivity index (χ2n) is 7.84. The van der Waals surface area contributed by atoms with Crippen LogP contribution in [0.5, 0.6) is 11.5 Å². The summed E-state index contributed by atoms with van der Waals surface area (Å²) in [7, 11) is 1.36. The molecule has 2 aliphatic rings. The number of allylic oxidation sites excluding steroid dienone is 4. The van der Waals surface area contributed by atoms with Gasteiger partial charge < -0.3 is 14.6 Å². The highest BCUT2D eigenvalue weighted by molar-refractivity contribution is 6.27. The van der Waals surface area contributed by atoms with Crippen molar-refractivity contribution in [3.8, 4) is 11.5 Å². The zero-order valence-electron chi connectivity index (χ0n) is 16.7. The minimum absolute atomic E-state index is 0.0178. The van der Waals surface area contributed by atoms with E-state index in [0.29, 0.717) is 11.3 Å². The molecule has 1 aromatic carbocycles. The average molecular weight is 370 g/mol. The number of fused-ring (bicyclic) bond motifs is 2. The lowest BCUT2D eigenvalue weighted by Crippen LogP contribution is -2.33. The first-order valence-electron chi connectivity index (χ1n) is 9.18. The van der Waals surface area contributed by atoms with Crippen LogP contribution in [0.15, 0.2) is 29.0 Å². The van der Waals surface area contributed by atoms with Crippen molar-refractivity contribution in [2.45, 2.75) is 59.0 Å². The lowest BCUT2D eigenvalue weighted by Gasteiger charge is -2.29. The zero-order valence-corrected chi connectivity index (χ0v) is 16.7. The quantitative estimate of drug-likeness (QED) is 0.791. The van der Waals surface area contributed by atoms with E-state index >= 15 is 0 Å². The summed E-state index contributed by atoms with van der Waals surface area (Å²) in [6, 6.07) is 1.58. The van der Waals surface area contributed by atoms with Crippen LogP contribution in [0.2, 0.25) is 0 Å². The number of aromatic hydroxyl groups is 1. The Balaban J connectivity index is 2.16. The predicted octanol–water partition coefficient (Wildman–Crippen LogP) is 4.48. The van der Waals surface area contributed by atoms with E-state index in [-0.39, 0.29) is 40.1 Å². The topological polar surface area (TPSA) is 72.8 Å². The molecule has 0 bridgehead atoms. The average Bonchev–Trinajstić information content (AvgIpc) is 2.84. The number of phenols is 1. The minimum atomic E-state index is -0.455. The SMILES string of the molecule is COC1=C(C)C(=O)c2c(cc3c(c2O)[C@@](C)(CCC=C(C)C)[C@H](C)O3)C1=O. The summed E-state index contributed by atoms with van der Waals surface area (Å²) in [4.78, 5) is 25.6. The van der Waals surface area contributed by atoms with Gasteiger partial charge in [-0.15, -0.1) is 0 Å². The Morgan fingerprint density at radius 3 is 2.59 bits per heavy atom. The fourth-order valence-corrected chi connectivity index (χ4v) is 4.04. The highest BCUT2D eigenvalue weighted by Gasteiger charge is 2.47. The van der Waals surface area contributed by atoms with Gasteiger partial charge in [-0.25, -0.2) is 0 Å². The molecule has 0 amide bonds. The number of benzene rings is 1. The van der Waals surface area contributed by atoms with Gasteiger partial charge in [-0.1, -0.05) is 18.6 Å². The van der Waals surface area contributed by atoms with Crippen molar-refractivity contribution in [3.63, 3.8) is 0 Å². The molecule has 0 unspecified atom stereocenters. The second kappa shape index (κ2) is 6.55. The van der Waals surface area contributed by atoms with Crippen LogP contribution in [0.4, 0.5) is 0 Å². The van der Waals surface area contributed by atoms with E-state index in [9.17, 15) is 14.7 Å². The van der Waals surface area contributed by atoms with Gasteiger partial charge in [-0.05, 0) is 46.6 Å². The molecule has 27 heavy (non-hydrogen) atoms. The second-order valence-corrected chi connectivity index (χ2v) is 7.84. The molecule has 0 spiro atoms. The third-order valence-electron chi connectivity index (χ3n) is 5.82. The van der Waals surface area contributed by atoms with E-state index in [1.165, 1.54) is 12.7 Å². The van der Waals surface area contributed by atoms with Gasteiger partial charge >= 0.3 is 0 Å². The first-order chi connectivity index (χ1) is 12.6. The van der Waals surface area contributed by atoms with E-state index in [2.05, 4.69) is 6.08 Å². The summed E-state index contributed by atoms with van der Waals surface area (Å²) >= 11 is 0. The molecule has 1 heterocycles. The smallest absolute Gasteiger partial charge is 0.228 e. The summed E-state index contributed by atoms with van der Waals surface area (Å²) in [5.41, 5.74) is 1.80. The molecule has 0 saturated heterocycles. The van der Waals surface area contributed by atoms with Crippen LogP contribution < -0.4 is 4.74 Å². The number of methoxy groups -OCH3 is 1. The maximum atomic E-state index is 12.8. The van der Waals surface area contributed by atoms with Crippen LogP contribution in [0.3, 0.4) is 0 Å². The normalized spacial score (nSPS) is 23.7. The Morgan fingerprint density at radius 2 is 2.00 bits per heavy atom. The first kappa shape index (κ1) is 19.2. The van der Waals surface area contributed by atoms with Gasteiger partial charge in [0, 0.05) is 22.1 Å². The Bertz CT molecular complexity index is 902. The number of hydrogen-bond donors (Lipinski definition) is 1. The standard InChI is InChI=1S/C22H26O5/c1-11(2)8-7-9-22(5)13(4)27-15-10-14-16(20(25)17(15)22)18(23)12(3)21(26-6)19(14)24/h8,10,13,25H,7,9H2,1-6H3/t13-,22-/m0/s1. The van der Waals surface area contributed by atoms with Gasteiger partial charge in [0.25, 0.3) is 0 Å². The Morgan fingerprint density at radius 1 is 1.33 bits per heavy atom. The summed E-state index contributed by atoms with van der Waals surface area (Å²) in [5, 5.41) is 11.1. The summed E-state index contributed by atoms with van der Waals surface area (Å²) in [5.74, 6) is -0.441. The summed E-state index contributed by atoms with van der Waals surface area (Å²) in [6.45, 7) is 9.63. The maximum absolute atomic E-state index is 12.8. The van der Waals surface area contributed by atoms with Crippen LogP contribution in [-0.4, -0.2) is 29.9 Å². The van der Waals surface area contributed by atoms with Gasteiger partial charge in [0.15, 0.2) is 11.5 Å². The molecular formula is C22H26O5. The van der Waals surface area contributed by atoms with Gasteiger partial charge in [-0.2, -0.15) is 0 Å². The van der Waals surface area contributed by atoms with E-state index in [1.54, 1.807) is 13.0 Å². The van der Waals surface area contributed by atoms with E-state index < -0.39 is 11.2 Å². The fourth-order valence-electron chi connectivity index (χ4n) is 4.04. The third-order valence-corrected chi connectivity index (χ3v) is 5.82. The highest BCUT2D eigenvalue weighted by Crippen LogP contribution is 2.53. The van der Waals surface area contributed by atoms with Crippen LogP contribution in [0.25, 0.3) is 0 Å². The molecule has 1 aliphatic heterocycles. The lowest BCUT2D eigenvalue weighted by atomic mass is 9.73. The fraction of sp³-hybridized carbons (Fsp3) is 0.455. The third kappa shape index (κ3) is 2.76. The number of carbonyl (C=O) groups excluding carboxylic acids is 2. The van der Waals surface area contributed by atoms with Crippen molar-refractivity contribution in [3.05, 3.63) is 45.7 Å². The van der Waals surface area contributed by atoms with Crippen molar-refractivity contribution in [1.29, 1.82) is 0 Å². The molecular weight excluding hydrogens is 344 g/mol. The van der Waals surface area contributed by atoms with Crippen LogP contribution in [0, 0.1) is 0 Å². The number of rotatable bonds is 4. The van der Waals surface area contributed by atoms with Gasteiger partial charge in [-0.3, -0.25) is 9.59 Å². The first-order valence-corrected chi connectivity index (χ1v) is 9.18. The minimum Gasteiger partial charge on any atom is -0.507 e. The number of ether oxygens (including phenoxy) is 2. The number of ketones is 2. The summed E-state index contributed by atoms with van der Waals surface area (Å²) < 4.78 is 11.1. The zero-order chi connectivity index (χ0) is 20.1.